The van der Waals surface area contributed by atoms with Gasteiger partial charge in [0.05, 0.1) is 19.6 Å². The number of aliphatic hydroxyl groups excluding tert-OH is 2. The summed E-state index contributed by atoms with van der Waals surface area (Å²) >= 11 is 0. The molecule has 0 spiro atoms. The molecule has 2 heterocycles. The second-order valence-electron chi connectivity index (χ2n) is 6.03. The Bertz CT molecular complexity index is 470. The minimum atomic E-state index is -0.473. The lowest BCUT2D eigenvalue weighted by Crippen LogP contribution is -3.14. The number of unbranched alkanes of at least 4 members (excludes halogenated alkanes) is 1. The molecule has 7 heteroatoms. The third-order valence-electron chi connectivity index (χ3n) is 3.85. The first-order valence-corrected chi connectivity index (χ1v) is 8.32. The van der Waals surface area contributed by atoms with Crippen molar-refractivity contribution in [1.82, 2.24) is 19.6 Å². The van der Waals surface area contributed by atoms with Gasteiger partial charge in [-0.05, 0) is 18.6 Å². The minimum absolute atomic E-state index is 0.473. The Morgan fingerprint density at radius 2 is 1.48 bits per heavy atom. The third kappa shape index (κ3) is 6.52. The van der Waals surface area contributed by atoms with Crippen LogP contribution in [0.5, 0.6) is 0 Å². The minimum Gasteiger partial charge on any atom is -0.385 e. The molecule has 0 amide bonds. The number of rotatable bonds is 11. The Morgan fingerprint density at radius 1 is 0.957 bits per heavy atom. The van der Waals surface area contributed by atoms with E-state index in [1.54, 1.807) is 21.8 Å². The molecule has 128 valence electrons. The number of aliphatic hydroxyl groups is 2. The van der Waals surface area contributed by atoms with Gasteiger partial charge < -0.3 is 15.1 Å². The van der Waals surface area contributed by atoms with Crippen LogP contribution >= 0.6 is 0 Å². The van der Waals surface area contributed by atoms with Gasteiger partial charge in [-0.15, -0.1) is 0 Å². The molecule has 2 aromatic heterocycles. The van der Waals surface area contributed by atoms with E-state index in [9.17, 15) is 10.2 Å². The van der Waals surface area contributed by atoms with Gasteiger partial charge in [0.2, 0.25) is 0 Å². The number of hydrogen-bond acceptors (Lipinski definition) is 4. The highest BCUT2D eigenvalue weighted by molar-refractivity contribution is 4.79. The number of hydrogen-bond donors (Lipinski definition) is 3. The van der Waals surface area contributed by atoms with Crippen LogP contribution < -0.4 is 4.90 Å². The highest BCUT2D eigenvalue weighted by Gasteiger charge is 2.19. The summed E-state index contributed by atoms with van der Waals surface area (Å²) in [6.07, 6.45) is 8.36. The van der Waals surface area contributed by atoms with Crippen molar-refractivity contribution in [3.8, 4) is 0 Å². The van der Waals surface area contributed by atoms with E-state index in [0.717, 1.165) is 19.4 Å². The van der Waals surface area contributed by atoms with Gasteiger partial charge in [-0.3, -0.25) is 9.36 Å². The van der Waals surface area contributed by atoms with Crippen molar-refractivity contribution in [2.75, 3.05) is 19.6 Å². The topological polar surface area (TPSA) is 80.5 Å². The molecule has 0 saturated heterocycles. The Balaban J connectivity index is 1.82. The SMILES string of the molecule is CCCC[NH+](C[C@H](O)Cn1cccn1)C[C@H](O)Cn1cccn1. The number of aromatic nitrogens is 4. The Hall–Kier alpha value is -1.70. The monoisotopic (exact) mass is 322 g/mol. The summed E-state index contributed by atoms with van der Waals surface area (Å²) in [5.41, 5.74) is 0. The summed E-state index contributed by atoms with van der Waals surface area (Å²) in [7, 11) is 0. The first kappa shape index (κ1) is 17.7. The van der Waals surface area contributed by atoms with Crippen LogP contribution in [-0.4, -0.2) is 61.6 Å². The van der Waals surface area contributed by atoms with Crippen molar-refractivity contribution in [2.45, 2.75) is 45.1 Å². The van der Waals surface area contributed by atoms with Crippen LogP contribution in [0.4, 0.5) is 0 Å². The van der Waals surface area contributed by atoms with Crippen LogP contribution in [0.15, 0.2) is 36.9 Å². The quantitative estimate of drug-likeness (QED) is 0.505. The van der Waals surface area contributed by atoms with Gasteiger partial charge in [-0.25, -0.2) is 0 Å². The second kappa shape index (κ2) is 9.44. The molecule has 0 bridgehead atoms. The fourth-order valence-electron chi connectivity index (χ4n) is 2.76. The zero-order valence-electron chi connectivity index (χ0n) is 13.8. The molecule has 0 fully saturated rings. The van der Waals surface area contributed by atoms with E-state index in [-0.39, 0.29) is 0 Å². The number of nitrogens with one attached hydrogen (secondary N) is 1. The van der Waals surface area contributed by atoms with Crippen molar-refractivity contribution in [1.29, 1.82) is 0 Å². The summed E-state index contributed by atoms with van der Waals surface area (Å²) in [4.78, 5) is 1.21. The van der Waals surface area contributed by atoms with E-state index < -0.39 is 12.2 Å². The summed E-state index contributed by atoms with van der Waals surface area (Å²) < 4.78 is 3.48. The van der Waals surface area contributed by atoms with E-state index in [1.165, 1.54) is 4.90 Å². The van der Waals surface area contributed by atoms with Gasteiger partial charge >= 0.3 is 0 Å². The first-order valence-electron chi connectivity index (χ1n) is 8.32. The van der Waals surface area contributed by atoms with E-state index >= 15 is 0 Å². The predicted molar refractivity (Wildman–Crippen MR) is 86.9 cm³/mol. The highest BCUT2D eigenvalue weighted by Crippen LogP contribution is 1.92. The van der Waals surface area contributed by atoms with Crippen molar-refractivity contribution in [3.05, 3.63) is 36.9 Å². The molecule has 0 unspecified atom stereocenters. The Kier molecular flexibility index (Phi) is 7.25. The summed E-state index contributed by atoms with van der Waals surface area (Å²) in [5, 5.41) is 28.8. The van der Waals surface area contributed by atoms with Crippen LogP contribution in [0.25, 0.3) is 0 Å². The van der Waals surface area contributed by atoms with Gasteiger partial charge in [0, 0.05) is 24.8 Å². The van der Waals surface area contributed by atoms with E-state index in [2.05, 4.69) is 17.1 Å². The summed E-state index contributed by atoms with van der Waals surface area (Å²) in [6, 6.07) is 3.70. The fourth-order valence-corrected chi connectivity index (χ4v) is 2.76. The molecule has 0 aliphatic heterocycles. The third-order valence-corrected chi connectivity index (χ3v) is 3.85. The molecule has 0 saturated carbocycles. The molecule has 2 rings (SSSR count). The first-order chi connectivity index (χ1) is 11.2. The molecular formula is C16H28N5O2+. The maximum Gasteiger partial charge on any atom is 0.122 e. The van der Waals surface area contributed by atoms with Gasteiger partial charge in [-0.1, -0.05) is 13.3 Å². The summed E-state index contributed by atoms with van der Waals surface area (Å²) in [5.74, 6) is 0. The van der Waals surface area contributed by atoms with Crippen molar-refractivity contribution >= 4 is 0 Å². The van der Waals surface area contributed by atoms with Crippen molar-refractivity contribution < 1.29 is 15.1 Å². The second-order valence-corrected chi connectivity index (χ2v) is 6.03. The zero-order chi connectivity index (χ0) is 16.5. The van der Waals surface area contributed by atoms with E-state index in [0.29, 0.717) is 26.2 Å². The van der Waals surface area contributed by atoms with Gasteiger partial charge in [0.1, 0.15) is 25.3 Å². The standard InChI is InChI=1S/C16H27N5O2/c1-2-3-8-19(11-15(22)13-20-9-4-6-17-20)12-16(23)14-21-10-5-7-18-21/h4-7,9-10,15-16,22-23H,2-3,8,11-14H2,1H3/p+1/t15-,16-/m0/s1. The molecule has 2 aromatic rings. The lowest BCUT2D eigenvalue weighted by atomic mass is 10.2. The number of nitrogens with zero attached hydrogens (tertiary/aromatic N) is 4. The van der Waals surface area contributed by atoms with Gasteiger partial charge in [0.15, 0.2) is 0 Å². The lowest BCUT2D eigenvalue weighted by molar-refractivity contribution is -0.906. The van der Waals surface area contributed by atoms with Crippen LogP contribution in [0.3, 0.4) is 0 Å². The maximum absolute atomic E-state index is 10.3. The van der Waals surface area contributed by atoms with Crippen molar-refractivity contribution in [2.24, 2.45) is 0 Å². The molecule has 23 heavy (non-hydrogen) atoms. The Morgan fingerprint density at radius 3 is 1.87 bits per heavy atom. The van der Waals surface area contributed by atoms with Gasteiger partial charge in [0.25, 0.3) is 0 Å². The van der Waals surface area contributed by atoms with Crippen molar-refractivity contribution in [3.63, 3.8) is 0 Å². The molecule has 0 aliphatic rings. The molecule has 0 aliphatic carbocycles. The molecule has 7 nitrogen and oxygen atoms in total. The molecule has 2 atom stereocenters. The summed E-state index contributed by atoms with van der Waals surface area (Å²) in [6.45, 7) is 5.28. The molecule has 0 aromatic carbocycles. The van der Waals surface area contributed by atoms with Crippen LogP contribution in [0.1, 0.15) is 19.8 Å². The van der Waals surface area contributed by atoms with E-state index in [4.69, 9.17) is 0 Å². The van der Waals surface area contributed by atoms with Crippen LogP contribution in [0.2, 0.25) is 0 Å². The number of quaternary nitrogens is 1. The average molecular weight is 322 g/mol. The lowest BCUT2D eigenvalue weighted by Gasteiger charge is -2.24. The normalized spacial score (nSPS) is 14.3. The smallest absolute Gasteiger partial charge is 0.122 e. The molecule has 0 radical (unpaired) electrons. The molecule has 3 N–H and O–H groups in total. The fraction of sp³-hybridized carbons (Fsp3) is 0.625. The van der Waals surface area contributed by atoms with Gasteiger partial charge in [-0.2, -0.15) is 10.2 Å². The van der Waals surface area contributed by atoms with Crippen LogP contribution in [0, 0.1) is 0 Å². The maximum atomic E-state index is 10.3. The highest BCUT2D eigenvalue weighted by atomic mass is 16.3. The van der Waals surface area contributed by atoms with E-state index in [1.807, 2.05) is 24.5 Å². The Labute approximate surface area is 137 Å². The average Bonchev–Trinajstić information content (AvgIpc) is 3.18. The predicted octanol–water partition coefficient (Wildman–Crippen LogP) is -0.813. The zero-order valence-corrected chi connectivity index (χ0v) is 13.8. The molecular weight excluding hydrogens is 294 g/mol. The largest absolute Gasteiger partial charge is 0.385 e. The van der Waals surface area contributed by atoms with Crippen LogP contribution in [-0.2, 0) is 13.1 Å².